The summed E-state index contributed by atoms with van der Waals surface area (Å²) in [5, 5.41) is 2.44. The molecular formula is C20H22Cl2N2O. The first-order valence-corrected chi connectivity index (χ1v) is 9.16. The number of methoxy groups -OCH3 is 1. The summed E-state index contributed by atoms with van der Waals surface area (Å²) in [5.74, 6) is 0.848. The van der Waals surface area contributed by atoms with Crippen molar-refractivity contribution in [1.29, 1.82) is 0 Å². The number of aryl methyl sites for hydroxylation is 2. The molecule has 0 aliphatic carbocycles. The van der Waals surface area contributed by atoms with Crippen molar-refractivity contribution >= 4 is 34.1 Å². The fourth-order valence-electron chi connectivity index (χ4n) is 3.27. The zero-order chi connectivity index (χ0) is 18.0. The second kappa shape index (κ2) is 7.69. The molecule has 3 N–H and O–H groups in total. The summed E-state index contributed by atoms with van der Waals surface area (Å²) in [5.41, 5.74) is 10.9. The van der Waals surface area contributed by atoms with Gasteiger partial charge in [-0.3, -0.25) is 0 Å². The highest BCUT2D eigenvalue weighted by atomic mass is 35.5. The van der Waals surface area contributed by atoms with E-state index < -0.39 is 0 Å². The molecule has 2 aromatic carbocycles. The molecule has 0 atom stereocenters. The summed E-state index contributed by atoms with van der Waals surface area (Å²) in [6.45, 7) is 2.76. The molecule has 0 saturated heterocycles. The highest BCUT2D eigenvalue weighted by molar-refractivity contribution is 6.39. The smallest absolute Gasteiger partial charge is 0.119 e. The molecule has 0 fully saturated rings. The van der Waals surface area contributed by atoms with Gasteiger partial charge < -0.3 is 15.5 Å². The lowest BCUT2D eigenvalue weighted by Gasteiger charge is -2.09. The lowest BCUT2D eigenvalue weighted by Crippen LogP contribution is -1.99. The zero-order valence-corrected chi connectivity index (χ0v) is 16.0. The molecule has 3 aromatic rings. The number of halogens is 2. The molecule has 0 saturated carbocycles. The van der Waals surface area contributed by atoms with Crippen LogP contribution in [0.1, 0.15) is 24.0 Å². The third-order valence-electron chi connectivity index (χ3n) is 4.52. The third-order valence-corrected chi connectivity index (χ3v) is 5.15. The van der Waals surface area contributed by atoms with Crippen LogP contribution in [0.4, 0.5) is 0 Å². The Bertz CT molecular complexity index is 882. The fraction of sp³-hybridized carbons (Fsp3) is 0.300. The van der Waals surface area contributed by atoms with E-state index in [1.807, 2.05) is 24.3 Å². The Balaban J connectivity index is 2.26. The number of hydrogen-bond donors (Lipinski definition) is 2. The van der Waals surface area contributed by atoms with Gasteiger partial charge in [0.05, 0.1) is 22.8 Å². The lowest BCUT2D eigenvalue weighted by molar-refractivity contribution is 0.415. The van der Waals surface area contributed by atoms with Crippen molar-refractivity contribution in [3.8, 4) is 17.0 Å². The minimum atomic E-state index is 0.642. The Kier molecular flexibility index (Phi) is 5.57. The number of benzene rings is 2. The van der Waals surface area contributed by atoms with Crippen molar-refractivity contribution in [2.75, 3.05) is 13.7 Å². The molecule has 5 heteroatoms. The summed E-state index contributed by atoms with van der Waals surface area (Å²) in [6.07, 6.45) is 2.89. The zero-order valence-electron chi connectivity index (χ0n) is 14.5. The predicted molar refractivity (Wildman–Crippen MR) is 107 cm³/mol. The summed E-state index contributed by atoms with van der Waals surface area (Å²) in [6, 6.07) is 9.70. The van der Waals surface area contributed by atoms with Crippen LogP contribution in [0, 0.1) is 6.92 Å². The molecule has 25 heavy (non-hydrogen) atoms. The molecule has 0 aliphatic rings. The highest BCUT2D eigenvalue weighted by Crippen LogP contribution is 2.41. The van der Waals surface area contributed by atoms with E-state index in [2.05, 4.69) is 18.0 Å². The van der Waals surface area contributed by atoms with Gasteiger partial charge in [-0.05, 0) is 68.1 Å². The van der Waals surface area contributed by atoms with Crippen molar-refractivity contribution in [3.63, 3.8) is 0 Å². The minimum absolute atomic E-state index is 0.642. The molecule has 0 bridgehead atoms. The summed E-state index contributed by atoms with van der Waals surface area (Å²) < 4.78 is 5.46. The Morgan fingerprint density at radius 3 is 2.48 bits per heavy atom. The molecule has 1 aromatic heterocycles. The van der Waals surface area contributed by atoms with E-state index in [0.29, 0.717) is 16.6 Å². The SMILES string of the molecule is COc1cc(C)c2[nH]c(-c3c(Cl)cccc3Cl)c(CCCCN)c2c1. The van der Waals surface area contributed by atoms with E-state index >= 15 is 0 Å². The van der Waals surface area contributed by atoms with Gasteiger partial charge in [-0.2, -0.15) is 0 Å². The van der Waals surface area contributed by atoms with Crippen LogP contribution < -0.4 is 10.5 Å². The number of nitrogens with two attached hydrogens (primary N) is 1. The van der Waals surface area contributed by atoms with Gasteiger partial charge >= 0.3 is 0 Å². The largest absolute Gasteiger partial charge is 0.497 e. The predicted octanol–water partition coefficient (Wildman–Crippen LogP) is 5.74. The first-order chi connectivity index (χ1) is 12.1. The number of rotatable bonds is 6. The second-order valence-corrected chi connectivity index (χ2v) is 7.00. The van der Waals surface area contributed by atoms with Crippen LogP contribution in [0.5, 0.6) is 5.75 Å². The van der Waals surface area contributed by atoms with Crippen LogP contribution in [-0.2, 0) is 6.42 Å². The van der Waals surface area contributed by atoms with Crippen LogP contribution >= 0.6 is 23.2 Å². The van der Waals surface area contributed by atoms with Crippen molar-refractivity contribution in [2.24, 2.45) is 5.73 Å². The van der Waals surface area contributed by atoms with E-state index in [1.165, 1.54) is 5.56 Å². The van der Waals surface area contributed by atoms with Gasteiger partial charge in [0.15, 0.2) is 0 Å². The maximum Gasteiger partial charge on any atom is 0.119 e. The molecule has 3 nitrogen and oxygen atoms in total. The Morgan fingerprint density at radius 2 is 1.84 bits per heavy atom. The molecule has 0 radical (unpaired) electrons. The van der Waals surface area contributed by atoms with Crippen LogP contribution in [0.25, 0.3) is 22.2 Å². The summed E-state index contributed by atoms with van der Waals surface area (Å²) >= 11 is 12.9. The molecule has 0 aliphatic heterocycles. The number of aromatic amines is 1. The Hall–Kier alpha value is -1.68. The quantitative estimate of drug-likeness (QED) is 0.538. The van der Waals surface area contributed by atoms with Gasteiger partial charge in [0.25, 0.3) is 0 Å². The van der Waals surface area contributed by atoms with Crippen LogP contribution in [0.3, 0.4) is 0 Å². The standard InChI is InChI=1S/C20H22Cl2N2O/c1-12-10-13(25-2)11-15-14(6-3-4-9-23)20(24-19(12)15)18-16(21)7-5-8-17(18)22/h5,7-8,10-11,24H,3-4,6,9,23H2,1-2H3. The van der Waals surface area contributed by atoms with Crippen molar-refractivity contribution in [3.05, 3.63) is 51.5 Å². The first kappa shape index (κ1) is 18.1. The molecule has 3 rings (SSSR count). The number of H-pyrrole nitrogens is 1. The number of unbranched alkanes of at least 4 members (excludes halogenated alkanes) is 1. The van der Waals surface area contributed by atoms with Gasteiger partial charge in [0.2, 0.25) is 0 Å². The molecule has 0 amide bonds. The first-order valence-electron chi connectivity index (χ1n) is 8.40. The molecule has 132 valence electrons. The van der Waals surface area contributed by atoms with Gasteiger partial charge in [0.1, 0.15) is 5.75 Å². The second-order valence-electron chi connectivity index (χ2n) is 6.19. The molecule has 0 spiro atoms. The maximum absolute atomic E-state index is 6.47. The van der Waals surface area contributed by atoms with Gasteiger partial charge in [-0.1, -0.05) is 29.3 Å². The highest BCUT2D eigenvalue weighted by Gasteiger charge is 2.19. The van der Waals surface area contributed by atoms with Crippen LogP contribution in [-0.4, -0.2) is 18.6 Å². The minimum Gasteiger partial charge on any atom is -0.497 e. The topological polar surface area (TPSA) is 51.0 Å². The summed E-state index contributed by atoms with van der Waals surface area (Å²) in [7, 11) is 1.69. The maximum atomic E-state index is 6.47. The van der Waals surface area contributed by atoms with Gasteiger partial charge in [0, 0.05) is 16.5 Å². The van der Waals surface area contributed by atoms with Crippen molar-refractivity contribution < 1.29 is 4.74 Å². The number of hydrogen-bond acceptors (Lipinski definition) is 2. The third kappa shape index (κ3) is 3.50. The van der Waals surface area contributed by atoms with Crippen molar-refractivity contribution in [1.82, 2.24) is 4.98 Å². The average Bonchev–Trinajstić information content (AvgIpc) is 2.94. The van der Waals surface area contributed by atoms with E-state index in [-0.39, 0.29) is 0 Å². The Labute approximate surface area is 158 Å². The van der Waals surface area contributed by atoms with Gasteiger partial charge in [-0.15, -0.1) is 0 Å². The van der Waals surface area contributed by atoms with E-state index in [0.717, 1.165) is 52.7 Å². The van der Waals surface area contributed by atoms with Gasteiger partial charge in [-0.25, -0.2) is 0 Å². The Morgan fingerprint density at radius 1 is 1.12 bits per heavy atom. The molecule has 0 unspecified atom stereocenters. The molecular weight excluding hydrogens is 355 g/mol. The number of nitrogens with one attached hydrogen (secondary N) is 1. The number of ether oxygens (including phenoxy) is 1. The van der Waals surface area contributed by atoms with E-state index in [9.17, 15) is 0 Å². The van der Waals surface area contributed by atoms with Crippen molar-refractivity contribution in [2.45, 2.75) is 26.2 Å². The molecule has 1 heterocycles. The van der Waals surface area contributed by atoms with E-state index in [1.54, 1.807) is 7.11 Å². The monoisotopic (exact) mass is 376 g/mol. The fourth-order valence-corrected chi connectivity index (χ4v) is 3.85. The summed E-state index contributed by atoms with van der Waals surface area (Å²) in [4.78, 5) is 3.55. The normalized spacial score (nSPS) is 11.2. The van der Waals surface area contributed by atoms with Crippen LogP contribution in [0.2, 0.25) is 10.0 Å². The average molecular weight is 377 g/mol. The number of fused-ring (bicyclic) bond motifs is 1. The van der Waals surface area contributed by atoms with E-state index in [4.69, 9.17) is 33.7 Å². The lowest BCUT2D eigenvalue weighted by atomic mass is 9.99. The van der Waals surface area contributed by atoms with Crippen LogP contribution in [0.15, 0.2) is 30.3 Å². The number of aromatic nitrogens is 1.